The minimum atomic E-state index is -0.240. The van der Waals surface area contributed by atoms with E-state index in [-0.39, 0.29) is 41.4 Å². The lowest BCUT2D eigenvalue weighted by Gasteiger charge is -2.18. The van der Waals surface area contributed by atoms with E-state index in [1.165, 1.54) is 4.90 Å². The molecule has 31 heavy (non-hydrogen) atoms. The zero-order valence-corrected chi connectivity index (χ0v) is 18.1. The van der Waals surface area contributed by atoms with E-state index in [4.69, 9.17) is 11.6 Å². The van der Waals surface area contributed by atoms with Gasteiger partial charge in [-0.3, -0.25) is 24.3 Å². The maximum Gasteiger partial charge on any atom is 0.252 e. The summed E-state index contributed by atoms with van der Waals surface area (Å²) in [5.74, 6) is 0.323. The highest BCUT2D eigenvalue weighted by molar-refractivity contribution is 6.33. The maximum absolute atomic E-state index is 12.7. The highest BCUT2D eigenvalue weighted by Gasteiger charge is 2.58. The van der Waals surface area contributed by atoms with Gasteiger partial charge in [0.2, 0.25) is 11.8 Å². The lowest BCUT2D eigenvalue weighted by molar-refractivity contribution is -0.140. The first kappa shape index (κ1) is 21.4. The van der Waals surface area contributed by atoms with Crippen LogP contribution in [0.25, 0.3) is 0 Å². The summed E-state index contributed by atoms with van der Waals surface area (Å²) >= 11 is 6.03. The van der Waals surface area contributed by atoms with Crippen molar-refractivity contribution in [2.24, 2.45) is 28.7 Å². The third-order valence-corrected chi connectivity index (χ3v) is 6.56. The number of halogens is 1. The number of aliphatic imine (C=N–C) groups is 1. The Morgan fingerprint density at radius 3 is 2.29 bits per heavy atom. The lowest BCUT2D eigenvalue weighted by Crippen LogP contribution is -2.45. The van der Waals surface area contributed by atoms with Crippen LogP contribution in [0.3, 0.4) is 0 Å². The van der Waals surface area contributed by atoms with E-state index in [1.54, 1.807) is 31.3 Å². The van der Waals surface area contributed by atoms with E-state index in [0.29, 0.717) is 42.7 Å². The predicted molar refractivity (Wildman–Crippen MR) is 118 cm³/mol. The summed E-state index contributed by atoms with van der Waals surface area (Å²) in [4.78, 5) is 43.1. The molecule has 164 valence electrons. The zero-order chi connectivity index (χ0) is 22.0. The summed E-state index contributed by atoms with van der Waals surface area (Å²) in [6.07, 6.45) is 5.12. The van der Waals surface area contributed by atoms with Gasteiger partial charge in [-0.25, -0.2) is 0 Å². The molecule has 1 aliphatic heterocycles. The van der Waals surface area contributed by atoms with Crippen molar-refractivity contribution in [3.05, 3.63) is 47.0 Å². The molecule has 0 radical (unpaired) electrons. The van der Waals surface area contributed by atoms with Crippen molar-refractivity contribution in [3.8, 4) is 0 Å². The van der Waals surface area contributed by atoms with Gasteiger partial charge >= 0.3 is 0 Å². The number of carbonyl (C=O) groups is 3. The molecule has 0 spiro atoms. The maximum atomic E-state index is 12.7. The van der Waals surface area contributed by atoms with Crippen molar-refractivity contribution in [2.45, 2.75) is 6.42 Å². The molecule has 2 bridgehead atoms. The minimum absolute atomic E-state index is 0.0427. The molecule has 0 aromatic heterocycles. The third kappa shape index (κ3) is 4.17. The minimum Gasteiger partial charge on any atom is -0.355 e. The monoisotopic (exact) mass is 443 g/mol. The zero-order valence-electron chi connectivity index (χ0n) is 17.3. The summed E-state index contributed by atoms with van der Waals surface area (Å²) in [5.41, 5.74) is 0.431. The molecular formula is C22H26ClN5O3. The number of amides is 3. The quantitative estimate of drug-likeness (QED) is 0.192. The van der Waals surface area contributed by atoms with Crippen molar-refractivity contribution in [1.29, 1.82) is 0 Å². The van der Waals surface area contributed by atoms with Crippen LogP contribution in [0.1, 0.15) is 16.8 Å². The third-order valence-electron chi connectivity index (χ3n) is 6.23. The van der Waals surface area contributed by atoms with Gasteiger partial charge in [-0.15, -0.1) is 0 Å². The van der Waals surface area contributed by atoms with Crippen LogP contribution >= 0.6 is 11.6 Å². The Morgan fingerprint density at radius 2 is 1.65 bits per heavy atom. The molecule has 4 rings (SSSR count). The van der Waals surface area contributed by atoms with E-state index in [2.05, 4.69) is 33.1 Å². The number of rotatable bonds is 7. The Balaban J connectivity index is 1.18. The highest BCUT2D eigenvalue weighted by atomic mass is 35.5. The van der Waals surface area contributed by atoms with Gasteiger partial charge in [-0.05, 0) is 30.4 Å². The van der Waals surface area contributed by atoms with Gasteiger partial charge in [0.15, 0.2) is 5.96 Å². The number of imide groups is 1. The predicted octanol–water partition coefficient (Wildman–Crippen LogP) is 1.04. The number of hydrogen-bond donors (Lipinski definition) is 3. The van der Waals surface area contributed by atoms with Gasteiger partial charge < -0.3 is 16.0 Å². The van der Waals surface area contributed by atoms with Crippen LogP contribution in [-0.2, 0) is 9.59 Å². The Hall–Kier alpha value is -2.87. The number of fused-ring (bicyclic) bond motifs is 5. The first-order valence-corrected chi connectivity index (χ1v) is 10.9. The number of nitrogens with zero attached hydrogens (tertiary/aromatic N) is 2. The standard InChI is InChI=1S/C22H26ClN5O3/c1-24-22(26-9-8-25-19(29)15-4-2-3-5-16(15)23)27-10-11-28-20(30)17-13-6-7-14(12-13)18(17)21(28)31/h2-7,13-14,17-18H,8-12H2,1H3,(H,25,29)(H2,24,26,27). The van der Waals surface area contributed by atoms with E-state index in [0.717, 1.165) is 6.42 Å². The SMILES string of the molecule is CN=C(NCCNC(=O)c1ccccc1Cl)NCCN1C(=O)C2C3C=CC(C3)C2C1=O. The van der Waals surface area contributed by atoms with Crippen LogP contribution in [-0.4, -0.2) is 61.8 Å². The number of allylic oxidation sites excluding steroid dienone is 2. The van der Waals surface area contributed by atoms with Gasteiger partial charge in [0, 0.05) is 33.2 Å². The lowest BCUT2D eigenvalue weighted by atomic mass is 9.85. The van der Waals surface area contributed by atoms with Gasteiger partial charge in [0.1, 0.15) is 0 Å². The number of benzene rings is 1. The molecular weight excluding hydrogens is 418 g/mol. The number of carbonyl (C=O) groups excluding carboxylic acids is 3. The Bertz CT molecular complexity index is 917. The Morgan fingerprint density at radius 1 is 1.03 bits per heavy atom. The molecule has 3 aliphatic rings. The van der Waals surface area contributed by atoms with Crippen molar-refractivity contribution in [1.82, 2.24) is 20.9 Å². The van der Waals surface area contributed by atoms with Crippen LogP contribution in [0.4, 0.5) is 0 Å². The molecule has 1 saturated carbocycles. The van der Waals surface area contributed by atoms with Crippen molar-refractivity contribution < 1.29 is 14.4 Å². The summed E-state index contributed by atoms with van der Waals surface area (Å²) in [5, 5.41) is 9.41. The normalized spacial score (nSPS) is 26.4. The summed E-state index contributed by atoms with van der Waals surface area (Å²) in [7, 11) is 1.64. The molecule has 9 heteroatoms. The molecule has 3 amide bonds. The topological polar surface area (TPSA) is 103 Å². The summed E-state index contributed by atoms with van der Waals surface area (Å²) in [6.45, 7) is 1.56. The van der Waals surface area contributed by atoms with E-state index in [9.17, 15) is 14.4 Å². The van der Waals surface area contributed by atoms with Gasteiger partial charge in [0.25, 0.3) is 5.91 Å². The molecule has 4 unspecified atom stereocenters. The molecule has 1 aromatic carbocycles. The number of nitrogens with one attached hydrogen (secondary N) is 3. The van der Waals surface area contributed by atoms with Crippen LogP contribution in [0, 0.1) is 23.7 Å². The number of likely N-dealkylation sites (tertiary alicyclic amines) is 1. The molecule has 3 N–H and O–H groups in total. The van der Waals surface area contributed by atoms with Crippen molar-refractivity contribution >= 4 is 35.3 Å². The molecule has 2 fully saturated rings. The van der Waals surface area contributed by atoms with Crippen LogP contribution in [0.15, 0.2) is 41.4 Å². The van der Waals surface area contributed by atoms with Crippen LogP contribution in [0.5, 0.6) is 0 Å². The van der Waals surface area contributed by atoms with Crippen LogP contribution in [0.2, 0.25) is 5.02 Å². The van der Waals surface area contributed by atoms with E-state index >= 15 is 0 Å². The second-order valence-electron chi connectivity index (χ2n) is 7.99. The van der Waals surface area contributed by atoms with Crippen molar-refractivity contribution in [2.75, 3.05) is 33.2 Å². The molecule has 1 saturated heterocycles. The molecule has 1 aromatic rings. The fraction of sp³-hybridized carbons (Fsp3) is 0.455. The smallest absolute Gasteiger partial charge is 0.252 e. The largest absolute Gasteiger partial charge is 0.355 e. The highest BCUT2D eigenvalue weighted by Crippen LogP contribution is 2.52. The van der Waals surface area contributed by atoms with Crippen LogP contribution < -0.4 is 16.0 Å². The van der Waals surface area contributed by atoms with Crippen molar-refractivity contribution in [3.63, 3.8) is 0 Å². The fourth-order valence-corrected chi connectivity index (χ4v) is 5.01. The Kier molecular flexibility index (Phi) is 6.27. The summed E-state index contributed by atoms with van der Waals surface area (Å²) in [6, 6.07) is 6.87. The second kappa shape index (κ2) is 9.09. The molecule has 1 heterocycles. The van der Waals surface area contributed by atoms with Gasteiger partial charge in [-0.2, -0.15) is 0 Å². The molecule has 2 aliphatic carbocycles. The van der Waals surface area contributed by atoms with Gasteiger partial charge in [0.05, 0.1) is 22.4 Å². The average Bonchev–Trinajstić information content (AvgIpc) is 3.45. The fourth-order valence-electron chi connectivity index (χ4n) is 4.79. The first-order valence-electron chi connectivity index (χ1n) is 10.5. The van der Waals surface area contributed by atoms with E-state index < -0.39 is 0 Å². The number of hydrogen-bond acceptors (Lipinski definition) is 4. The second-order valence-corrected chi connectivity index (χ2v) is 8.40. The number of guanidine groups is 1. The average molecular weight is 444 g/mol. The molecule has 4 atom stereocenters. The van der Waals surface area contributed by atoms with Gasteiger partial charge in [-0.1, -0.05) is 35.9 Å². The Labute approximate surface area is 186 Å². The van der Waals surface area contributed by atoms with E-state index in [1.807, 2.05) is 0 Å². The summed E-state index contributed by atoms with van der Waals surface area (Å²) < 4.78 is 0. The molecule has 8 nitrogen and oxygen atoms in total. The first-order chi connectivity index (χ1) is 15.0.